The fraction of sp³-hybridized carbons (Fsp3) is 0.417. The lowest BCUT2D eigenvalue weighted by molar-refractivity contribution is -0.115. The molecule has 2 aromatic rings. The lowest BCUT2D eigenvalue weighted by Gasteiger charge is -2.16. The van der Waals surface area contributed by atoms with Crippen LogP contribution >= 0.6 is 11.3 Å². The third-order valence-corrected chi connectivity index (χ3v) is 5.90. The molecule has 10 heteroatoms. The second-order valence-electron chi connectivity index (χ2n) is 4.29. The minimum Gasteiger partial charge on any atom is -0.468 e. The SMILES string of the molecule is CCC(=O)Nc1nnc(S(=O)(=O)N(CC)Cc2ccco2)s1. The molecule has 0 radical (unpaired) electrons. The summed E-state index contributed by atoms with van der Waals surface area (Å²) < 4.78 is 31.3. The summed E-state index contributed by atoms with van der Waals surface area (Å²) in [5.41, 5.74) is 0. The quantitative estimate of drug-likeness (QED) is 0.766. The molecule has 8 nitrogen and oxygen atoms in total. The van der Waals surface area contributed by atoms with Gasteiger partial charge in [-0.1, -0.05) is 25.2 Å². The Morgan fingerprint density at radius 3 is 2.77 bits per heavy atom. The van der Waals surface area contributed by atoms with E-state index in [1.54, 1.807) is 26.0 Å². The molecule has 1 N–H and O–H groups in total. The van der Waals surface area contributed by atoms with E-state index in [9.17, 15) is 13.2 Å². The van der Waals surface area contributed by atoms with Gasteiger partial charge in [0.1, 0.15) is 5.76 Å². The fourth-order valence-corrected chi connectivity index (χ4v) is 4.10. The molecule has 0 bridgehead atoms. The average Bonchev–Trinajstić information content (AvgIpc) is 3.15. The van der Waals surface area contributed by atoms with Crippen molar-refractivity contribution in [2.24, 2.45) is 0 Å². The van der Waals surface area contributed by atoms with Gasteiger partial charge in [0.15, 0.2) is 0 Å². The molecule has 0 aliphatic heterocycles. The van der Waals surface area contributed by atoms with Crippen molar-refractivity contribution in [2.45, 2.75) is 31.2 Å². The van der Waals surface area contributed by atoms with E-state index < -0.39 is 10.0 Å². The molecule has 2 aromatic heterocycles. The first-order valence-corrected chi connectivity index (χ1v) is 8.89. The maximum atomic E-state index is 12.5. The standard InChI is InChI=1S/C12H16N4O4S2/c1-3-10(17)13-11-14-15-12(21-11)22(18,19)16(4-2)8-9-6-5-7-20-9/h5-7H,3-4,8H2,1-2H3,(H,13,14,17). The molecule has 0 atom stereocenters. The summed E-state index contributed by atoms with van der Waals surface area (Å²) in [5, 5.41) is 10.0. The lowest BCUT2D eigenvalue weighted by atomic mass is 10.4. The predicted octanol–water partition coefficient (Wildman–Crippen LogP) is 1.69. The molecule has 120 valence electrons. The van der Waals surface area contributed by atoms with Gasteiger partial charge in [-0.05, 0) is 12.1 Å². The van der Waals surface area contributed by atoms with Crippen LogP contribution in [0.25, 0.3) is 0 Å². The Balaban J connectivity index is 2.19. The number of carbonyl (C=O) groups is 1. The Kier molecular flexibility index (Phi) is 5.27. The Hall–Kier alpha value is -1.78. The van der Waals surface area contributed by atoms with Crippen molar-refractivity contribution in [1.29, 1.82) is 0 Å². The van der Waals surface area contributed by atoms with Gasteiger partial charge >= 0.3 is 0 Å². The molecule has 0 aliphatic rings. The van der Waals surface area contributed by atoms with Gasteiger partial charge in [0.25, 0.3) is 10.0 Å². The highest BCUT2D eigenvalue weighted by atomic mass is 32.2. The fourth-order valence-electron chi connectivity index (χ4n) is 1.63. The second-order valence-corrected chi connectivity index (χ2v) is 7.37. The highest BCUT2D eigenvalue weighted by Crippen LogP contribution is 2.24. The summed E-state index contributed by atoms with van der Waals surface area (Å²) in [6.45, 7) is 3.79. The van der Waals surface area contributed by atoms with Crippen molar-refractivity contribution in [2.75, 3.05) is 11.9 Å². The molecule has 0 unspecified atom stereocenters. The topological polar surface area (TPSA) is 105 Å². The lowest BCUT2D eigenvalue weighted by Crippen LogP contribution is -2.30. The molecule has 0 spiro atoms. The molecule has 2 heterocycles. The van der Waals surface area contributed by atoms with E-state index in [4.69, 9.17) is 4.42 Å². The van der Waals surface area contributed by atoms with Crippen LogP contribution in [0, 0.1) is 0 Å². The van der Waals surface area contributed by atoms with Gasteiger partial charge in [0.05, 0.1) is 12.8 Å². The van der Waals surface area contributed by atoms with Crippen LogP contribution in [0.2, 0.25) is 0 Å². The summed E-state index contributed by atoms with van der Waals surface area (Å²) >= 11 is 0.825. The summed E-state index contributed by atoms with van der Waals surface area (Å²) in [6, 6.07) is 3.39. The van der Waals surface area contributed by atoms with Crippen molar-refractivity contribution >= 4 is 32.4 Å². The first kappa shape index (κ1) is 16.6. The molecular formula is C12H16N4O4S2. The molecule has 0 saturated carbocycles. The summed E-state index contributed by atoms with van der Waals surface area (Å²) in [4.78, 5) is 11.3. The monoisotopic (exact) mass is 344 g/mol. The molecule has 22 heavy (non-hydrogen) atoms. The largest absolute Gasteiger partial charge is 0.468 e. The molecule has 0 saturated heterocycles. The van der Waals surface area contributed by atoms with Crippen LogP contribution in [0.4, 0.5) is 5.13 Å². The zero-order valence-electron chi connectivity index (χ0n) is 12.1. The number of sulfonamides is 1. The normalized spacial score (nSPS) is 11.8. The van der Waals surface area contributed by atoms with Crippen molar-refractivity contribution in [1.82, 2.24) is 14.5 Å². The molecule has 0 fully saturated rings. The van der Waals surface area contributed by atoms with Gasteiger partial charge in [0.2, 0.25) is 15.4 Å². The van der Waals surface area contributed by atoms with Crippen LogP contribution < -0.4 is 5.32 Å². The minimum absolute atomic E-state index is 0.113. The van der Waals surface area contributed by atoms with Crippen LogP contribution in [-0.4, -0.2) is 35.4 Å². The number of aromatic nitrogens is 2. The van der Waals surface area contributed by atoms with Gasteiger partial charge in [-0.3, -0.25) is 4.79 Å². The minimum atomic E-state index is -3.78. The summed E-state index contributed by atoms with van der Waals surface area (Å²) in [6.07, 6.45) is 1.76. The molecular weight excluding hydrogens is 328 g/mol. The first-order valence-electron chi connectivity index (χ1n) is 6.63. The van der Waals surface area contributed by atoms with Crippen molar-refractivity contribution in [3.05, 3.63) is 24.2 Å². The van der Waals surface area contributed by atoms with Crippen LogP contribution in [-0.2, 0) is 21.4 Å². The third kappa shape index (κ3) is 3.70. The van der Waals surface area contributed by atoms with Crippen LogP contribution in [0.3, 0.4) is 0 Å². The number of amides is 1. The van der Waals surface area contributed by atoms with Gasteiger partial charge in [-0.15, -0.1) is 10.2 Å². The Bertz CT molecular complexity index is 724. The maximum Gasteiger partial charge on any atom is 0.272 e. The van der Waals surface area contributed by atoms with Crippen LogP contribution in [0.5, 0.6) is 0 Å². The third-order valence-electron chi connectivity index (χ3n) is 2.80. The van der Waals surface area contributed by atoms with E-state index in [0.717, 1.165) is 11.3 Å². The van der Waals surface area contributed by atoms with Crippen molar-refractivity contribution in [3.8, 4) is 0 Å². The van der Waals surface area contributed by atoms with E-state index >= 15 is 0 Å². The van der Waals surface area contributed by atoms with Gasteiger partial charge < -0.3 is 9.73 Å². The highest BCUT2D eigenvalue weighted by molar-refractivity contribution is 7.91. The molecule has 0 aromatic carbocycles. The van der Waals surface area contributed by atoms with Gasteiger partial charge in [-0.25, -0.2) is 8.42 Å². The van der Waals surface area contributed by atoms with E-state index in [2.05, 4.69) is 15.5 Å². The number of nitrogens with one attached hydrogen (secondary N) is 1. The first-order chi connectivity index (χ1) is 10.5. The molecule has 2 rings (SSSR count). The smallest absolute Gasteiger partial charge is 0.272 e. The Morgan fingerprint density at radius 1 is 1.41 bits per heavy atom. The number of anilines is 1. The number of hydrogen-bond acceptors (Lipinski definition) is 7. The number of furan rings is 1. The average molecular weight is 344 g/mol. The number of rotatable bonds is 7. The predicted molar refractivity (Wildman–Crippen MR) is 80.8 cm³/mol. The molecule has 0 aliphatic carbocycles. The van der Waals surface area contributed by atoms with Crippen molar-refractivity contribution in [3.63, 3.8) is 0 Å². The van der Waals surface area contributed by atoms with Crippen LogP contribution in [0.1, 0.15) is 26.0 Å². The van der Waals surface area contributed by atoms with E-state index in [-0.39, 0.29) is 34.9 Å². The maximum absolute atomic E-state index is 12.5. The Morgan fingerprint density at radius 2 is 2.18 bits per heavy atom. The van der Waals surface area contributed by atoms with E-state index in [1.165, 1.54) is 10.6 Å². The van der Waals surface area contributed by atoms with E-state index in [1.807, 2.05) is 0 Å². The number of nitrogens with zero attached hydrogens (tertiary/aromatic N) is 3. The number of hydrogen-bond donors (Lipinski definition) is 1. The van der Waals surface area contributed by atoms with Gasteiger partial charge in [0, 0.05) is 13.0 Å². The second kappa shape index (κ2) is 6.99. The number of carbonyl (C=O) groups excluding carboxylic acids is 1. The molecule has 1 amide bonds. The van der Waals surface area contributed by atoms with Crippen LogP contribution in [0.15, 0.2) is 27.2 Å². The Labute approximate surface area is 132 Å². The van der Waals surface area contributed by atoms with Gasteiger partial charge in [-0.2, -0.15) is 4.31 Å². The zero-order valence-corrected chi connectivity index (χ0v) is 13.8. The summed E-state index contributed by atoms with van der Waals surface area (Å²) in [5.74, 6) is 0.289. The zero-order chi connectivity index (χ0) is 16.2. The van der Waals surface area contributed by atoms with E-state index in [0.29, 0.717) is 5.76 Å². The summed E-state index contributed by atoms with van der Waals surface area (Å²) in [7, 11) is -3.78. The van der Waals surface area contributed by atoms with Crippen molar-refractivity contribution < 1.29 is 17.6 Å². The highest BCUT2D eigenvalue weighted by Gasteiger charge is 2.28.